The number of hydrogen-bond donors (Lipinski definition) is 1. The number of para-hydroxylation sites is 2. The number of ether oxygens (including phenoxy) is 2. The van der Waals surface area contributed by atoms with Gasteiger partial charge in [0.1, 0.15) is 5.75 Å². The maximum absolute atomic E-state index is 12.4. The number of nitrogens with zero attached hydrogens (tertiary/aromatic N) is 1. The Balaban J connectivity index is 1.53. The standard InChI is InChI=1S/C20H17Cl3N2O5/c1-11-20(28)25(15-4-2-3-5-16(15)30-11)7-6-18(27)29-10-17(26)24-19-13(22)8-12(21)9-14(19)23/h2-5,8-9,11H,6-7,10H2,1H3,(H,24,26). The van der Waals surface area contributed by atoms with Crippen molar-refractivity contribution in [3.63, 3.8) is 0 Å². The normalized spacial score (nSPS) is 15.3. The van der Waals surface area contributed by atoms with Crippen molar-refractivity contribution in [1.82, 2.24) is 0 Å². The molecule has 0 saturated heterocycles. The van der Waals surface area contributed by atoms with E-state index in [1.807, 2.05) is 0 Å². The summed E-state index contributed by atoms with van der Waals surface area (Å²) in [7, 11) is 0. The number of esters is 1. The number of carbonyl (C=O) groups is 3. The average molecular weight is 472 g/mol. The molecule has 3 rings (SSSR count). The van der Waals surface area contributed by atoms with Gasteiger partial charge in [-0.05, 0) is 31.2 Å². The van der Waals surface area contributed by atoms with Gasteiger partial charge in [-0.3, -0.25) is 14.4 Å². The molecule has 2 aromatic rings. The van der Waals surface area contributed by atoms with Crippen LogP contribution < -0.4 is 15.0 Å². The minimum atomic E-state index is -0.657. The van der Waals surface area contributed by atoms with E-state index in [9.17, 15) is 14.4 Å². The Labute approximate surface area is 187 Å². The Hall–Kier alpha value is -2.48. The van der Waals surface area contributed by atoms with Gasteiger partial charge >= 0.3 is 5.97 Å². The van der Waals surface area contributed by atoms with Crippen LogP contribution >= 0.6 is 34.8 Å². The molecule has 0 aliphatic carbocycles. The molecule has 0 bridgehead atoms. The highest BCUT2D eigenvalue weighted by molar-refractivity contribution is 6.42. The monoisotopic (exact) mass is 470 g/mol. The number of hydrogen-bond acceptors (Lipinski definition) is 5. The summed E-state index contributed by atoms with van der Waals surface area (Å²) in [5.41, 5.74) is 0.756. The maximum atomic E-state index is 12.4. The number of benzene rings is 2. The molecule has 1 aliphatic rings. The van der Waals surface area contributed by atoms with Crippen LogP contribution in [0.15, 0.2) is 36.4 Å². The molecular formula is C20H17Cl3N2O5. The number of halogens is 3. The van der Waals surface area contributed by atoms with Gasteiger partial charge in [-0.15, -0.1) is 0 Å². The predicted octanol–water partition coefficient (Wildman–Crippen LogP) is 4.33. The fraction of sp³-hybridized carbons (Fsp3) is 0.250. The third-order valence-electron chi connectivity index (χ3n) is 4.25. The van der Waals surface area contributed by atoms with Crippen molar-refractivity contribution in [3.05, 3.63) is 51.5 Å². The number of anilines is 2. The largest absolute Gasteiger partial charge is 0.479 e. The zero-order valence-corrected chi connectivity index (χ0v) is 18.1. The number of nitrogens with one attached hydrogen (secondary N) is 1. The van der Waals surface area contributed by atoms with Crippen molar-refractivity contribution < 1.29 is 23.9 Å². The van der Waals surface area contributed by atoms with Gasteiger partial charge in [-0.25, -0.2) is 0 Å². The van der Waals surface area contributed by atoms with Crippen molar-refractivity contribution in [2.24, 2.45) is 0 Å². The summed E-state index contributed by atoms with van der Waals surface area (Å²) in [6.07, 6.45) is -0.752. The summed E-state index contributed by atoms with van der Waals surface area (Å²) < 4.78 is 10.5. The molecule has 0 radical (unpaired) electrons. The van der Waals surface area contributed by atoms with Gasteiger partial charge < -0.3 is 19.7 Å². The Kier molecular flexibility index (Phi) is 7.07. The van der Waals surface area contributed by atoms with Crippen molar-refractivity contribution in [1.29, 1.82) is 0 Å². The zero-order chi connectivity index (χ0) is 21.8. The lowest BCUT2D eigenvalue weighted by Gasteiger charge is -2.32. The van der Waals surface area contributed by atoms with Crippen LogP contribution in [-0.4, -0.2) is 37.0 Å². The molecule has 158 valence electrons. The van der Waals surface area contributed by atoms with E-state index in [0.29, 0.717) is 16.5 Å². The molecule has 0 aromatic heterocycles. The Morgan fingerprint density at radius 1 is 1.17 bits per heavy atom. The molecule has 0 saturated carbocycles. The molecule has 1 unspecified atom stereocenters. The molecule has 1 heterocycles. The van der Waals surface area contributed by atoms with E-state index in [4.69, 9.17) is 44.3 Å². The first kappa shape index (κ1) is 22.2. The molecule has 0 fully saturated rings. The summed E-state index contributed by atoms with van der Waals surface area (Å²) in [6.45, 7) is 1.21. The topological polar surface area (TPSA) is 84.9 Å². The van der Waals surface area contributed by atoms with Crippen molar-refractivity contribution in [3.8, 4) is 5.75 Å². The van der Waals surface area contributed by atoms with Crippen molar-refractivity contribution in [2.75, 3.05) is 23.4 Å². The van der Waals surface area contributed by atoms with E-state index in [0.717, 1.165) is 0 Å². The second-order valence-corrected chi connectivity index (χ2v) is 7.67. The fourth-order valence-corrected chi connectivity index (χ4v) is 3.76. The van der Waals surface area contributed by atoms with Crippen LogP contribution in [0.25, 0.3) is 0 Å². The summed E-state index contributed by atoms with van der Waals surface area (Å²) in [4.78, 5) is 38.0. The predicted molar refractivity (Wildman–Crippen MR) is 115 cm³/mol. The summed E-state index contributed by atoms with van der Waals surface area (Å²) in [6, 6.07) is 9.90. The number of fused-ring (bicyclic) bond motifs is 1. The van der Waals surface area contributed by atoms with Gasteiger partial charge in [-0.1, -0.05) is 46.9 Å². The highest BCUT2D eigenvalue weighted by atomic mass is 35.5. The second-order valence-electron chi connectivity index (χ2n) is 6.42. The maximum Gasteiger partial charge on any atom is 0.308 e. The van der Waals surface area contributed by atoms with Gasteiger partial charge in [0.15, 0.2) is 12.7 Å². The van der Waals surface area contributed by atoms with E-state index in [2.05, 4.69) is 5.32 Å². The third-order valence-corrected chi connectivity index (χ3v) is 5.06. The molecule has 1 atom stereocenters. The highest BCUT2D eigenvalue weighted by Gasteiger charge is 2.31. The van der Waals surface area contributed by atoms with Crippen LogP contribution in [0, 0.1) is 0 Å². The van der Waals surface area contributed by atoms with E-state index in [1.165, 1.54) is 17.0 Å². The van der Waals surface area contributed by atoms with Crippen LogP contribution in [0.3, 0.4) is 0 Å². The molecule has 1 N–H and O–H groups in total. The molecular weight excluding hydrogens is 455 g/mol. The van der Waals surface area contributed by atoms with Crippen LogP contribution in [0.1, 0.15) is 13.3 Å². The van der Waals surface area contributed by atoms with Crippen LogP contribution in [0.5, 0.6) is 5.75 Å². The van der Waals surface area contributed by atoms with E-state index >= 15 is 0 Å². The minimum absolute atomic E-state index is 0.0947. The highest BCUT2D eigenvalue weighted by Crippen LogP contribution is 2.34. The first-order valence-electron chi connectivity index (χ1n) is 8.93. The quantitative estimate of drug-likeness (QED) is 0.634. The molecule has 30 heavy (non-hydrogen) atoms. The van der Waals surface area contributed by atoms with Crippen molar-refractivity contribution in [2.45, 2.75) is 19.4 Å². The molecule has 2 amide bonds. The molecule has 1 aliphatic heterocycles. The van der Waals surface area contributed by atoms with Crippen LogP contribution in [0.4, 0.5) is 11.4 Å². The van der Waals surface area contributed by atoms with Crippen molar-refractivity contribution >= 4 is 64.0 Å². The summed E-state index contributed by atoms with van der Waals surface area (Å²) in [5, 5.41) is 3.11. The van der Waals surface area contributed by atoms with Gasteiger partial charge in [0.05, 0.1) is 27.8 Å². The molecule has 7 nitrogen and oxygen atoms in total. The number of carbonyl (C=O) groups excluding carboxylic acids is 3. The summed E-state index contributed by atoms with van der Waals surface area (Å²) >= 11 is 17.8. The Bertz CT molecular complexity index is 975. The van der Waals surface area contributed by atoms with Gasteiger partial charge in [0.2, 0.25) is 0 Å². The molecule has 10 heteroatoms. The molecule has 0 spiro atoms. The van der Waals surface area contributed by atoms with Crippen LogP contribution in [0.2, 0.25) is 15.1 Å². The summed E-state index contributed by atoms with van der Waals surface area (Å²) in [5.74, 6) is -0.945. The third kappa shape index (κ3) is 5.16. The lowest BCUT2D eigenvalue weighted by atomic mass is 10.2. The zero-order valence-electron chi connectivity index (χ0n) is 15.8. The fourth-order valence-electron chi connectivity index (χ4n) is 2.85. The lowest BCUT2D eigenvalue weighted by Crippen LogP contribution is -2.45. The SMILES string of the molecule is CC1Oc2ccccc2N(CCC(=O)OCC(=O)Nc2c(Cl)cc(Cl)cc2Cl)C1=O. The van der Waals surface area contributed by atoms with E-state index < -0.39 is 24.6 Å². The smallest absolute Gasteiger partial charge is 0.308 e. The first-order valence-corrected chi connectivity index (χ1v) is 10.1. The van der Waals surface area contributed by atoms with Gasteiger partial charge in [0, 0.05) is 11.6 Å². The van der Waals surface area contributed by atoms with E-state index in [1.54, 1.807) is 31.2 Å². The first-order chi connectivity index (χ1) is 14.3. The van der Waals surface area contributed by atoms with E-state index in [-0.39, 0.29) is 34.6 Å². The second kappa shape index (κ2) is 9.55. The molecule has 2 aromatic carbocycles. The number of amides is 2. The Morgan fingerprint density at radius 3 is 2.53 bits per heavy atom. The average Bonchev–Trinajstić information content (AvgIpc) is 2.69. The lowest BCUT2D eigenvalue weighted by molar-refractivity contribution is -0.147. The van der Waals surface area contributed by atoms with Crippen LogP contribution in [-0.2, 0) is 19.1 Å². The number of rotatable bonds is 6. The van der Waals surface area contributed by atoms with Gasteiger partial charge in [0.25, 0.3) is 11.8 Å². The minimum Gasteiger partial charge on any atom is -0.479 e. The van der Waals surface area contributed by atoms with Gasteiger partial charge in [-0.2, -0.15) is 0 Å². The Morgan fingerprint density at radius 2 is 1.83 bits per heavy atom.